The van der Waals surface area contributed by atoms with Crippen LogP contribution in [-0.2, 0) is 0 Å². The van der Waals surface area contributed by atoms with E-state index in [1.165, 1.54) is 0 Å². The van der Waals surface area contributed by atoms with Crippen LogP contribution in [-0.4, -0.2) is 0 Å². The van der Waals surface area contributed by atoms with Crippen molar-refractivity contribution >= 4 is 38.9 Å². The van der Waals surface area contributed by atoms with Crippen LogP contribution >= 0.6 is 0 Å². The van der Waals surface area contributed by atoms with Crippen LogP contribution in [0, 0.1) is 0 Å². The van der Waals surface area contributed by atoms with Crippen molar-refractivity contribution in [3.63, 3.8) is 0 Å². The van der Waals surface area contributed by atoms with Gasteiger partial charge in [-0.2, -0.15) is 0 Å². The Hall–Kier alpha value is -4.30. The van der Waals surface area contributed by atoms with Gasteiger partial charge in [-0.3, -0.25) is 0 Å². The van der Waals surface area contributed by atoms with Crippen LogP contribution in [0.5, 0.6) is 0 Å². The normalized spacial score (nSPS) is 11.6. The van der Waals surface area contributed by atoms with Crippen molar-refractivity contribution in [2.75, 3.05) is 5.32 Å². The molecule has 0 aliphatic rings. The number of furan rings is 1. The highest BCUT2D eigenvalue weighted by atomic mass is 16.3. The van der Waals surface area contributed by atoms with E-state index in [4.69, 9.17) is 4.42 Å². The summed E-state index contributed by atoms with van der Waals surface area (Å²) in [5, 5.41) is 5.74. The van der Waals surface area contributed by atoms with Crippen LogP contribution in [0.2, 0.25) is 0 Å². The van der Waals surface area contributed by atoms with Gasteiger partial charge in [0.2, 0.25) is 0 Å². The van der Waals surface area contributed by atoms with Crippen LogP contribution in [0.1, 0.15) is 5.56 Å². The van der Waals surface area contributed by atoms with Gasteiger partial charge in [-0.15, -0.1) is 0 Å². The zero-order valence-electron chi connectivity index (χ0n) is 17.7. The number of rotatable bonds is 6. The molecule has 1 heterocycles. The smallest absolute Gasteiger partial charge is 0.158 e. The Morgan fingerprint density at radius 2 is 1.44 bits per heavy atom. The Labute approximate surface area is 187 Å². The van der Waals surface area contributed by atoms with Crippen LogP contribution in [0.4, 0.5) is 11.4 Å². The lowest BCUT2D eigenvalue weighted by Crippen LogP contribution is -1.91. The number of hydrogen-bond donors (Lipinski definition) is 1. The molecule has 0 radical (unpaired) electrons. The molecule has 2 nitrogen and oxygen atoms in total. The number of fused-ring (bicyclic) bond motifs is 3. The Kier molecular flexibility index (Phi) is 5.19. The van der Waals surface area contributed by atoms with Crippen molar-refractivity contribution in [2.24, 2.45) is 0 Å². The van der Waals surface area contributed by atoms with E-state index in [0.29, 0.717) is 0 Å². The summed E-state index contributed by atoms with van der Waals surface area (Å²) in [6.07, 6.45) is 5.56. The van der Waals surface area contributed by atoms with Crippen LogP contribution < -0.4 is 5.32 Å². The first-order chi connectivity index (χ1) is 15.8. The van der Waals surface area contributed by atoms with Gasteiger partial charge in [0.25, 0.3) is 0 Å². The molecule has 0 saturated carbocycles. The summed E-state index contributed by atoms with van der Waals surface area (Å²) in [5.74, 6) is 0. The van der Waals surface area contributed by atoms with Gasteiger partial charge in [-0.1, -0.05) is 104 Å². The summed E-state index contributed by atoms with van der Waals surface area (Å²) in [6.45, 7) is 7.66. The molecule has 0 aliphatic heterocycles. The van der Waals surface area contributed by atoms with E-state index in [0.717, 1.165) is 55.6 Å². The standard InChI is InChI=1S/C30H23NO/c1-3-10-21(4-2)22-17-19-24(20-18-22)31-28-16-9-15-27-26-14-8-13-25(29(26)32-30(27)28)23-11-6-5-7-12-23/h3-20,31H,1-2H2/b21-10+. The van der Waals surface area contributed by atoms with Gasteiger partial charge >= 0.3 is 0 Å². The Balaban J connectivity index is 1.56. The largest absolute Gasteiger partial charge is 0.453 e. The molecule has 0 fully saturated rings. The van der Waals surface area contributed by atoms with E-state index in [-0.39, 0.29) is 0 Å². The molecule has 0 atom stereocenters. The summed E-state index contributed by atoms with van der Waals surface area (Å²) >= 11 is 0. The minimum atomic E-state index is 0.855. The highest BCUT2D eigenvalue weighted by Crippen LogP contribution is 2.39. The summed E-state index contributed by atoms with van der Waals surface area (Å²) < 4.78 is 6.46. The van der Waals surface area contributed by atoms with Crippen molar-refractivity contribution in [2.45, 2.75) is 0 Å². The number of benzene rings is 4. The maximum absolute atomic E-state index is 6.46. The molecule has 32 heavy (non-hydrogen) atoms. The van der Waals surface area contributed by atoms with Gasteiger partial charge in [-0.05, 0) is 34.9 Å². The van der Waals surface area contributed by atoms with E-state index >= 15 is 0 Å². The first-order valence-corrected chi connectivity index (χ1v) is 10.6. The lowest BCUT2D eigenvalue weighted by molar-refractivity contribution is 0.671. The molecular formula is C30H23NO. The molecule has 5 aromatic rings. The van der Waals surface area contributed by atoms with Crippen LogP contribution in [0.3, 0.4) is 0 Å². The lowest BCUT2D eigenvalue weighted by atomic mass is 10.0. The molecule has 1 aromatic heterocycles. The molecule has 0 bridgehead atoms. The van der Waals surface area contributed by atoms with Gasteiger partial charge in [0.15, 0.2) is 5.58 Å². The van der Waals surface area contributed by atoms with E-state index in [2.05, 4.69) is 97.3 Å². The van der Waals surface area contributed by atoms with E-state index in [1.807, 2.05) is 24.3 Å². The minimum Gasteiger partial charge on any atom is -0.453 e. The third kappa shape index (κ3) is 3.52. The zero-order valence-corrected chi connectivity index (χ0v) is 17.7. The molecule has 0 aliphatic carbocycles. The molecule has 0 unspecified atom stereocenters. The minimum absolute atomic E-state index is 0.855. The van der Waals surface area contributed by atoms with Crippen molar-refractivity contribution in [3.8, 4) is 11.1 Å². The topological polar surface area (TPSA) is 25.2 Å². The first-order valence-electron chi connectivity index (χ1n) is 10.6. The number of para-hydroxylation sites is 2. The third-order valence-corrected chi connectivity index (χ3v) is 5.62. The monoisotopic (exact) mass is 413 g/mol. The van der Waals surface area contributed by atoms with Crippen molar-refractivity contribution in [1.82, 2.24) is 0 Å². The second-order valence-corrected chi connectivity index (χ2v) is 7.60. The molecule has 154 valence electrons. The predicted octanol–water partition coefficient (Wildman–Crippen LogP) is 8.75. The van der Waals surface area contributed by atoms with Gasteiger partial charge in [0.05, 0.1) is 5.69 Å². The van der Waals surface area contributed by atoms with Gasteiger partial charge in [-0.25, -0.2) is 0 Å². The summed E-state index contributed by atoms with van der Waals surface area (Å²) in [5.41, 5.74) is 8.08. The highest BCUT2D eigenvalue weighted by molar-refractivity contribution is 6.12. The van der Waals surface area contributed by atoms with Crippen molar-refractivity contribution in [3.05, 3.63) is 128 Å². The van der Waals surface area contributed by atoms with E-state index < -0.39 is 0 Å². The third-order valence-electron chi connectivity index (χ3n) is 5.62. The second-order valence-electron chi connectivity index (χ2n) is 7.60. The van der Waals surface area contributed by atoms with E-state index in [9.17, 15) is 0 Å². The lowest BCUT2D eigenvalue weighted by Gasteiger charge is -2.08. The van der Waals surface area contributed by atoms with Gasteiger partial charge in [0, 0.05) is 22.0 Å². The van der Waals surface area contributed by atoms with Crippen molar-refractivity contribution < 1.29 is 4.42 Å². The van der Waals surface area contributed by atoms with Gasteiger partial charge in [0.1, 0.15) is 5.58 Å². The maximum Gasteiger partial charge on any atom is 0.158 e. The molecule has 0 amide bonds. The molecular weight excluding hydrogens is 390 g/mol. The molecule has 2 heteroatoms. The number of anilines is 2. The molecule has 4 aromatic carbocycles. The fraction of sp³-hybridized carbons (Fsp3) is 0. The average Bonchev–Trinajstić information content (AvgIpc) is 3.24. The summed E-state index contributed by atoms with van der Waals surface area (Å²) in [6, 6.07) is 31.2. The molecule has 0 saturated heterocycles. The Bertz CT molecular complexity index is 1450. The van der Waals surface area contributed by atoms with Gasteiger partial charge < -0.3 is 9.73 Å². The second kappa shape index (κ2) is 8.44. The summed E-state index contributed by atoms with van der Waals surface area (Å²) in [4.78, 5) is 0. The van der Waals surface area contributed by atoms with Crippen molar-refractivity contribution in [1.29, 1.82) is 0 Å². The predicted molar refractivity (Wildman–Crippen MR) is 137 cm³/mol. The summed E-state index contributed by atoms with van der Waals surface area (Å²) in [7, 11) is 0. The SMILES string of the molecule is C=C/C=C(\C=C)c1ccc(Nc2cccc3c2oc2c(-c4ccccc4)cccc23)cc1. The molecule has 1 N–H and O–H groups in total. The Morgan fingerprint density at radius 1 is 0.719 bits per heavy atom. The highest BCUT2D eigenvalue weighted by Gasteiger charge is 2.14. The molecule has 0 spiro atoms. The molecule has 5 rings (SSSR count). The maximum atomic E-state index is 6.46. The quantitative estimate of drug-likeness (QED) is 0.281. The fourth-order valence-electron chi connectivity index (χ4n) is 4.07. The van der Waals surface area contributed by atoms with Crippen LogP contribution in [0.25, 0.3) is 38.6 Å². The zero-order chi connectivity index (χ0) is 21.9. The number of hydrogen-bond acceptors (Lipinski definition) is 2. The Morgan fingerprint density at radius 3 is 2.16 bits per heavy atom. The van der Waals surface area contributed by atoms with Crippen LogP contribution in [0.15, 0.2) is 127 Å². The number of nitrogens with one attached hydrogen (secondary N) is 1. The first kappa shape index (κ1) is 19.7. The fourth-order valence-corrected chi connectivity index (χ4v) is 4.07. The van der Waals surface area contributed by atoms with E-state index in [1.54, 1.807) is 6.08 Å². The number of allylic oxidation sites excluding steroid dienone is 4. The average molecular weight is 414 g/mol.